The second kappa shape index (κ2) is 6.41. The minimum Gasteiger partial charge on any atom is -0.411 e. The molecule has 0 amide bonds. The van der Waals surface area contributed by atoms with Gasteiger partial charge in [-0.25, -0.2) is 0 Å². The van der Waals surface area contributed by atoms with E-state index in [9.17, 15) is 0 Å². The van der Waals surface area contributed by atoms with Gasteiger partial charge in [0.1, 0.15) is 5.71 Å². The van der Waals surface area contributed by atoms with Crippen LogP contribution in [-0.2, 0) is 0 Å². The molecule has 3 N–H and O–H groups in total. The van der Waals surface area contributed by atoms with E-state index in [4.69, 9.17) is 22.0 Å². The first-order chi connectivity index (χ1) is 7.77. The first-order valence-corrected chi connectivity index (χ1v) is 4.59. The maximum absolute atomic E-state index is 8.31. The molecule has 6 nitrogen and oxygen atoms in total. The molecule has 16 heavy (non-hydrogen) atoms. The summed E-state index contributed by atoms with van der Waals surface area (Å²) < 4.78 is 0. The molecule has 0 aliphatic heterocycles. The molecule has 0 aliphatic rings. The Morgan fingerprint density at radius 1 is 1.19 bits per heavy atom. The van der Waals surface area contributed by atoms with Crippen molar-refractivity contribution in [1.82, 2.24) is 0 Å². The van der Waals surface area contributed by atoms with Crippen molar-refractivity contribution in [3.05, 3.63) is 29.3 Å². The van der Waals surface area contributed by atoms with Gasteiger partial charge in [0.2, 0.25) is 0 Å². The van der Waals surface area contributed by atoms with E-state index in [1.54, 1.807) is 24.3 Å². The molecule has 0 saturated carbocycles. The summed E-state index contributed by atoms with van der Waals surface area (Å²) in [6.45, 7) is 0. The lowest BCUT2D eigenvalue weighted by molar-refractivity contribution is 0.321. The summed E-state index contributed by atoms with van der Waals surface area (Å²) in [7, 11) is 0. The minimum absolute atomic E-state index is 0.130. The van der Waals surface area contributed by atoms with Crippen LogP contribution in [0.15, 0.2) is 39.7 Å². The van der Waals surface area contributed by atoms with Crippen molar-refractivity contribution in [3.63, 3.8) is 0 Å². The van der Waals surface area contributed by atoms with Crippen LogP contribution in [0.5, 0.6) is 0 Å². The van der Waals surface area contributed by atoms with E-state index >= 15 is 0 Å². The van der Waals surface area contributed by atoms with Gasteiger partial charge in [-0.3, -0.25) is 5.43 Å². The predicted octanol–water partition coefficient (Wildman–Crippen LogP) is 2.03. The van der Waals surface area contributed by atoms with Crippen molar-refractivity contribution in [2.75, 3.05) is 5.43 Å². The van der Waals surface area contributed by atoms with Gasteiger partial charge in [-0.2, -0.15) is 5.10 Å². The number of rotatable bonds is 4. The summed E-state index contributed by atoms with van der Waals surface area (Å²) >= 11 is 5.86. The highest BCUT2D eigenvalue weighted by Gasteiger charge is 1.97. The lowest BCUT2D eigenvalue weighted by atomic mass is 10.3. The lowest BCUT2D eigenvalue weighted by Crippen LogP contribution is -2.05. The molecule has 0 aliphatic carbocycles. The van der Waals surface area contributed by atoms with Crippen LogP contribution in [0.2, 0.25) is 5.02 Å². The van der Waals surface area contributed by atoms with Gasteiger partial charge in [0.05, 0.1) is 23.1 Å². The summed E-state index contributed by atoms with van der Waals surface area (Å²) in [5, 5.41) is 26.4. The van der Waals surface area contributed by atoms with Gasteiger partial charge < -0.3 is 10.4 Å². The zero-order chi connectivity index (χ0) is 11.8. The molecular formula is C9H9ClN4O2. The summed E-state index contributed by atoms with van der Waals surface area (Å²) in [5.41, 5.74) is 3.35. The van der Waals surface area contributed by atoms with Crippen molar-refractivity contribution in [1.29, 1.82) is 0 Å². The summed E-state index contributed by atoms with van der Waals surface area (Å²) in [5.74, 6) is 0. The molecule has 0 saturated heterocycles. The standard InChI is InChI=1S/C9H9ClN4O2/c10-8-3-1-2-4-9(8)14-13-7(5-11-15)6-12-16/h1-6,14-16H/b11-5+,12-6+. The normalized spacial score (nSPS) is 10.8. The van der Waals surface area contributed by atoms with Crippen molar-refractivity contribution in [2.24, 2.45) is 15.4 Å². The minimum atomic E-state index is 0.130. The fraction of sp³-hybridized carbons (Fsp3) is 0. The Bertz CT molecular complexity index is 417. The molecule has 0 aromatic heterocycles. The smallest absolute Gasteiger partial charge is 0.127 e. The lowest BCUT2D eigenvalue weighted by Gasteiger charge is -2.02. The van der Waals surface area contributed by atoms with E-state index in [1.165, 1.54) is 0 Å². The van der Waals surface area contributed by atoms with Crippen LogP contribution in [0.1, 0.15) is 0 Å². The third-order valence-electron chi connectivity index (χ3n) is 1.56. The molecular weight excluding hydrogens is 232 g/mol. The molecule has 0 heterocycles. The summed E-state index contributed by atoms with van der Waals surface area (Å²) in [6, 6.07) is 6.97. The second-order valence-electron chi connectivity index (χ2n) is 2.62. The van der Waals surface area contributed by atoms with Crippen LogP contribution >= 0.6 is 11.6 Å². The first-order valence-electron chi connectivity index (χ1n) is 4.21. The van der Waals surface area contributed by atoms with E-state index in [-0.39, 0.29) is 5.71 Å². The van der Waals surface area contributed by atoms with Crippen LogP contribution in [0.25, 0.3) is 0 Å². The van der Waals surface area contributed by atoms with Gasteiger partial charge in [0.15, 0.2) is 0 Å². The Balaban J connectivity index is 2.81. The van der Waals surface area contributed by atoms with Crippen LogP contribution < -0.4 is 5.43 Å². The fourth-order valence-electron chi connectivity index (χ4n) is 0.886. The Morgan fingerprint density at radius 2 is 1.81 bits per heavy atom. The molecule has 1 rings (SSSR count). The zero-order valence-electron chi connectivity index (χ0n) is 8.08. The number of hydrogen-bond acceptors (Lipinski definition) is 6. The number of para-hydroxylation sites is 1. The molecule has 7 heteroatoms. The Hall–Kier alpha value is -2.08. The zero-order valence-corrected chi connectivity index (χ0v) is 8.83. The van der Waals surface area contributed by atoms with Gasteiger partial charge in [-0.1, -0.05) is 34.0 Å². The Morgan fingerprint density at radius 3 is 2.38 bits per heavy atom. The van der Waals surface area contributed by atoms with Crippen LogP contribution in [-0.4, -0.2) is 28.6 Å². The van der Waals surface area contributed by atoms with Gasteiger partial charge in [-0.05, 0) is 12.1 Å². The molecule has 0 fully saturated rings. The molecule has 84 valence electrons. The number of benzene rings is 1. The highest BCUT2D eigenvalue weighted by Crippen LogP contribution is 2.20. The number of anilines is 1. The largest absolute Gasteiger partial charge is 0.411 e. The fourth-order valence-corrected chi connectivity index (χ4v) is 1.06. The summed E-state index contributed by atoms with van der Waals surface area (Å²) in [6.07, 6.45) is 2.01. The molecule has 0 unspecified atom stereocenters. The maximum atomic E-state index is 8.31. The van der Waals surface area contributed by atoms with E-state index < -0.39 is 0 Å². The predicted molar refractivity (Wildman–Crippen MR) is 63.1 cm³/mol. The third-order valence-corrected chi connectivity index (χ3v) is 1.89. The van der Waals surface area contributed by atoms with E-state index in [1.807, 2.05) is 0 Å². The van der Waals surface area contributed by atoms with E-state index in [2.05, 4.69) is 20.8 Å². The molecule has 1 aromatic rings. The second-order valence-corrected chi connectivity index (χ2v) is 3.02. The number of oxime groups is 2. The van der Waals surface area contributed by atoms with Crippen LogP contribution in [0, 0.1) is 0 Å². The van der Waals surface area contributed by atoms with E-state index in [0.717, 1.165) is 12.4 Å². The van der Waals surface area contributed by atoms with Gasteiger partial charge in [-0.15, -0.1) is 0 Å². The van der Waals surface area contributed by atoms with Gasteiger partial charge in [0.25, 0.3) is 0 Å². The topological polar surface area (TPSA) is 89.6 Å². The number of nitrogens with zero attached hydrogens (tertiary/aromatic N) is 3. The Labute approximate surface area is 96.5 Å². The number of hydrazone groups is 1. The van der Waals surface area contributed by atoms with Crippen LogP contribution in [0.4, 0.5) is 5.69 Å². The first kappa shape index (κ1) is 12.0. The summed E-state index contributed by atoms with van der Waals surface area (Å²) in [4.78, 5) is 0. The number of hydrogen-bond donors (Lipinski definition) is 3. The number of halogens is 1. The van der Waals surface area contributed by atoms with E-state index in [0.29, 0.717) is 10.7 Å². The van der Waals surface area contributed by atoms with Gasteiger partial charge >= 0.3 is 0 Å². The molecule has 0 atom stereocenters. The van der Waals surface area contributed by atoms with Crippen LogP contribution in [0.3, 0.4) is 0 Å². The average molecular weight is 241 g/mol. The molecule has 0 radical (unpaired) electrons. The average Bonchev–Trinajstić information content (AvgIpc) is 2.28. The SMILES string of the molecule is O/N=C/C(/C=N/O)=NNc1ccccc1Cl. The van der Waals surface area contributed by atoms with Crippen molar-refractivity contribution in [3.8, 4) is 0 Å². The monoisotopic (exact) mass is 240 g/mol. The highest BCUT2D eigenvalue weighted by atomic mass is 35.5. The number of nitrogens with one attached hydrogen (secondary N) is 1. The highest BCUT2D eigenvalue weighted by molar-refractivity contribution is 6.55. The van der Waals surface area contributed by atoms with Gasteiger partial charge in [0, 0.05) is 0 Å². The van der Waals surface area contributed by atoms with Crippen molar-refractivity contribution >= 4 is 35.4 Å². The molecule has 0 spiro atoms. The Kier molecular flexibility index (Phi) is 4.81. The third kappa shape index (κ3) is 3.58. The molecule has 1 aromatic carbocycles. The van der Waals surface area contributed by atoms with Crippen molar-refractivity contribution in [2.45, 2.75) is 0 Å². The quantitative estimate of drug-likeness (QED) is 0.427. The maximum Gasteiger partial charge on any atom is 0.127 e. The van der Waals surface area contributed by atoms with Crippen molar-refractivity contribution < 1.29 is 10.4 Å². The molecule has 0 bridgehead atoms.